The highest BCUT2D eigenvalue weighted by molar-refractivity contribution is 7.26. The van der Waals surface area contributed by atoms with E-state index in [9.17, 15) is 0 Å². The summed E-state index contributed by atoms with van der Waals surface area (Å²) in [6.07, 6.45) is 0. The molecular formula is C48H35NSSi. The summed E-state index contributed by atoms with van der Waals surface area (Å²) in [6.45, 7) is 5.06. The van der Waals surface area contributed by atoms with Gasteiger partial charge in [0.1, 0.15) is 8.07 Å². The number of rotatable bonds is 5. The maximum Gasteiger partial charge on any atom is 0.113 e. The first-order valence-electron chi connectivity index (χ1n) is 17.7. The average Bonchev–Trinajstić information content (AvgIpc) is 3.67. The van der Waals surface area contributed by atoms with Crippen molar-refractivity contribution in [2.45, 2.75) is 13.1 Å². The van der Waals surface area contributed by atoms with E-state index >= 15 is 0 Å². The molecule has 0 spiro atoms. The third-order valence-electron chi connectivity index (χ3n) is 10.8. The predicted octanol–water partition coefficient (Wildman–Crippen LogP) is 12.8. The molecule has 9 aromatic rings. The smallest absolute Gasteiger partial charge is 0.113 e. The molecule has 51 heavy (non-hydrogen) atoms. The molecule has 3 heteroatoms. The molecule has 0 saturated carbocycles. The van der Waals surface area contributed by atoms with Crippen molar-refractivity contribution in [3.8, 4) is 33.4 Å². The van der Waals surface area contributed by atoms with Crippen molar-refractivity contribution >= 4 is 77.8 Å². The van der Waals surface area contributed by atoms with E-state index in [1.165, 1.54) is 75.2 Å². The van der Waals surface area contributed by atoms with Gasteiger partial charge in [0.25, 0.3) is 0 Å². The van der Waals surface area contributed by atoms with Crippen LogP contribution >= 0.6 is 11.3 Å². The summed E-state index contributed by atoms with van der Waals surface area (Å²) in [7, 11) is -2.01. The van der Waals surface area contributed by atoms with Crippen molar-refractivity contribution in [3.05, 3.63) is 176 Å². The van der Waals surface area contributed by atoms with E-state index in [1.807, 2.05) is 11.3 Å². The lowest BCUT2D eigenvalue weighted by atomic mass is 9.98. The normalized spacial score (nSPS) is 13.1. The molecule has 0 radical (unpaired) electrons. The maximum absolute atomic E-state index is 2.53. The summed E-state index contributed by atoms with van der Waals surface area (Å²) >= 11 is 1.91. The van der Waals surface area contributed by atoms with E-state index in [0.29, 0.717) is 0 Å². The number of anilines is 3. The lowest BCUT2D eigenvalue weighted by Gasteiger charge is -2.28. The molecule has 0 fully saturated rings. The van der Waals surface area contributed by atoms with Crippen LogP contribution in [-0.2, 0) is 0 Å². The van der Waals surface area contributed by atoms with Crippen LogP contribution in [0.2, 0.25) is 13.1 Å². The Balaban J connectivity index is 1.16. The average molecular weight is 686 g/mol. The monoisotopic (exact) mass is 685 g/mol. The Morgan fingerprint density at radius 1 is 0.431 bits per heavy atom. The Hall–Kier alpha value is -5.74. The summed E-state index contributed by atoms with van der Waals surface area (Å²) in [6, 6.07) is 65.1. The summed E-state index contributed by atoms with van der Waals surface area (Å²) in [5.41, 5.74) is 11.2. The van der Waals surface area contributed by atoms with E-state index in [4.69, 9.17) is 0 Å². The minimum Gasteiger partial charge on any atom is -0.310 e. The fourth-order valence-corrected chi connectivity index (χ4v) is 12.4. The Kier molecular flexibility index (Phi) is 6.89. The topological polar surface area (TPSA) is 3.24 Å². The SMILES string of the molecule is C[Si]1(C)c2cc(N(c3cccc(-c4ccccc4)c3)c3cccc(-c4ccc5ccccc5c4)c3)ccc2-c2c1ccc1sc3ccccc3c21. The molecule has 0 aliphatic carbocycles. The Morgan fingerprint density at radius 2 is 1.08 bits per heavy atom. The first-order chi connectivity index (χ1) is 25.0. The van der Waals surface area contributed by atoms with Gasteiger partial charge in [-0.15, -0.1) is 11.3 Å². The minimum atomic E-state index is -2.01. The second kappa shape index (κ2) is 11.7. The van der Waals surface area contributed by atoms with Gasteiger partial charge < -0.3 is 4.90 Å². The number of hydrogen-bond acceptors (Lipinski definition) is 2. The van der Waals surface area contributed by atoms with Crippen LogP contribution < -0.4 is 15.3 Å². The number of hydrogen-bond donors (Lipinski definition) is 0. The van der Waals surface area contributed by atoms with Gasteiger partial charge in [-0.2, -0.15) is 0 Å². The molecule has 10 rings (SSSR count). The van der Waals surface area contributed by atoms with Crippen molar-refractivity contribution in [1.29, 1.82) is 0 Å². The summed E-state index contributed by atoms with van der Waals surface area (Å²) in [4.78, 5) is 2.46. The molecule has 0 saturated heterocycles. The van der Waals surface area contributed by atoms with Gasteiger partial charge in [0.2, 0.25) is 0 Å². The van der Waals surface area contributed by atoms with Crippen molar-refractivity contribution in [1.82, 2.24) is 0 Å². The number of thiophene rings is 1. The van der Waals surface area contributed by atoms with Gasteiger partial charge in [-0.05, 0) is 109 Å². The van der Waals surface area contributed by atoms with Crippen LogP contribution in [0.5, 0.6) is 0 Å². The van der Waals surface area contributed by atoms with Crippen LogP contribution in [0, 0.1) is 0 Å². The highest BCUT2D eigenvalue weighted by Gasteiger charge is 2.39. The molecule has 0 N–H and O–H groups in total. The molecule has 1 nitrogen and oxygen atoms in total. The third kappa shape index (κ3) is 4.88. The number of nitrogens with zero attached hydrogens (tertiary/aromatic N) is 1. The zero-order valence-corrected chi connectivity index (χ0v) is 30.4. The zero-order valence-electron chi connectivity index (χ0n) is 28.6. The molecule has 2 heterocycles. The standard InChI is InChI=1S/C48H35NSSi/c1-51(2)45-27-26-44-47(41-20-8-9-21-43(41)50-44)48(45)42-25-24-40(31-46(42)51)49(38-18-10-16-35(29-38)32-12-4-3-5-13-32)39-19-11-17-36(30-39)37-23-22-33-14-6-7-15-34(33)28-37/h3-31H,1-2H3. The van der Waals surface area contributed by atoms with E-state index in [0.717, 1.165) is 11.4 Å². The van der Waals surface area contributed by atoms with Crippen LogP contribution in [0.3, 0.4) is 0 Å². The largest absolute Gasteiger partial charge is 0.310 e. The fraction of sp³-hybridized carbons (Fsp3) is 0.0417. The molecule has 1 aliphatic heterocycles. The molecule has 8 aromatic carbocycles. The van der Waals surface area contributed by atoms with Crippen molar-refractivity contribution in [3.63, 3.8) is 0 Å². The lowest BCUT2D eigenvalue weighted by molar-refractivity contribution is 1.29. The molecule has 242 valence electrons. The van der Waals surface area contributed by atoms with Crippen LogP contribution in [0.15, 0.2) is 176 Å². The van der Waals surface area contributed by atoms with Gasteiger partial charge in [0.15, 0.2) is 0 Å². The van der Waals surface area contributed by atoms with Crippen molar-refractivity contribution in [2.24, 2.45) is 0 Å². The Labute approximate surface area is 303 Å². The van der Waals surface area contributed by atoms with E-state index in [-0.39, 0.29) is 0 Å². The van der Waals surface area contributed by atoms with E-state index < -0.39 is 8.07 Å². The van der Waals surface area contributed by atoms with E-state index in [1.54, 1.807) is 5.19 Å². The van der Waals surface area contributed by atoms with Gasteiger partial charge in [0, 0.05) is 37.2 Å². The van der Waals surface area contributed by atoms with Gasteiger partial charge in [-0.1, -0.05) is 134 Å². The molecule has 0 amide bonds. The zero-order chi connectivity index (χ0) is 34.1. The fourth-order valence-electron chi connectivity index (χ4n) is 8.26. The molecular weight excluding hydrogens is 651 g/mol. The summed E-state index contributed by atoms with van der Waals surface area (Å²) in [5.74, 6) is 0. The molecule has 0 atom stereocenters. The van der Waals surface area contributed by atoms with Crippen molar-refractivity contribution < 1.29 is 0 Å². The van der Waals surface area contributed by atoms with Gasteiger partial charge >= 0.3 is 0 Å². The second-order valence-electron chi connectivity index (χ2n) is 14.2. The van der Waals surface area contributed by atoms with Crippen LogP contribution in [0.1, 0.15) is 0 Å². The lowest BCUT2D eigenvalue weighted by Crippen LogP contribution is -2.49. The Bertz CT molecular complexity index is 2790. The molecule has 0 unspecified atom stereocenters. The molecule has 1 aromatic heterocycles. The highest BCUT2D eigenvalue weighted by atomic mass is 32.1. The maximum atomic E-state index is 2.53. The summed E-state index contributed by atoms with van der Waals surface area (Å²) < 4.78 is 2.74. The summed E-state index contributed by atoms with van der Waals surface area (Å²) in [5, 5.41) is 8.37. The number of fused-ring (bicyclic) bond motifs is 8. The molecule has 1 aliphatic rings. The first kappa shape index (κ1) is 30.1. The van der Waals surface area contributed by atoms with Crippen LogP contribution in [-0.4, -0.2) is 8.07 Å². The highest BCUT2D eigenvalue weighted by Crippen LogP contribution is 2.44. The van der Waals surface area contributed by atoms with Gasteiger partial charge in [0.05, 0.1) is 0 Å². The first-order valence-corrected chi connectivity index (χ1v) is 21.5. The Morgan fingerprint density at radius 3 is 1.88 bits per heavy atom. The van der Waals surface area contributed by atoms with Gasteiger partial charge in [-0.3, -0.25) is 0 Å². The second-order valence-corrected chi connectivity index (χ2v) is 19.6. The van der Waals surface area contributed by atoms with Gasteiger partial charge in [-0.25, -0.2) is 0 Å². The van der Waals surface area contributed by atoms with E-state index in [2.05, 4.69) is 194 Å². The molecule has 0 bridgehead atoms. The van der Waals surface area contributed by atoms with Crippen molar-refractivity contribution in [2.75, 3.05) is 4.90 Å². The quantitative estimate of drug-likeness (QED) is 0.163. The predicted molar refractivity (Wildman–Crippen MR) is 225 cm³/mol. The van der Waals surface area contributed by atoms with Crippen LogP contribution in [0.25, 0.3) is 64.3 Å². The minimum absolute atomic E-state index is 1.15. The third-order valence-corrected chi connectivity index (χ3v) is 15.5. The van der Waals surface area contributed by atoms with Crippen LogP contribution in [0.4, 0.5) is 17.1 Å². The number of benzene rings is 8.